The topological polar surface area (TPSA) is 52.1 Å². The van der Waals surface area contributed by atoms with Crippen LogP contribution in [0.1, 0.15) is 80.3 Å². The third-order valence-electron chi connectivity index (χ3n) is 9.15. The minimum absolute atomic E-state index is 0.0226. The van der Waals surface area contributed by atoms with Crippen LogP contribution in [-0.2, 0) is 30.4 Å². The highest BCUT2D eigenvalue weighted by Gasteiger charge is 2.39. The lowest BCUT2D eigenvalue weighted by Crippen LogP contribution is -2.36. The van der Waals surface area contributed by atoms with Crippen molar-refractivity contribution in [1.82, 2.24) is 9.97 Å². The molecule has 0 bridgehead atoms. The Morgan fingerprint density at radius 1 is 0.818 bits per heavy atom. The standard InChI is InChI=1S/C19H21F2NO2.C16H16BrF2N/c1-4-24-18(23)13-7-12-8-14-10-19(21,11(2)3)6-5-16(14)22-17(12)15(20)9-13;1-9(2)16(19)4-3-14-11(8-16)5-10-6-12(17)7-13(18)15(10)20-14/h7-9,11H,4-6,10H2,1-3H3;5-7,9H,3-4,8H2,1-2H3. The fourth-order valence-corrected chi connectivity index (χ4v) is 6.58. The average Bonchev–Trinajstić information content (AvgIpc) is 2.95. The van der Waals surface area contributed by atoms with Crippen molar-refractivity contribution in [2.45, 2.75) is 84.5 Å². The molecule has 0 fully saturated rings. The molecule has 2 aromatic heterocycles. The van der Waals surface area contributed by atoms with Gasteiger partial charge in [-0.15, -0.1) is 0 Å². The minimum Gasteiger partial charge on any atom is -0.462 e. The molecule has 9 heteroatoms. The smallest absolute Gasteiger partial charge is 0.338 e. The maximum absolute atomic E-state index is 15.0. The molecule has 0 N–H and O–H groups in total. The van der Waals surface area contributed by atoms with Crippen LogP contribution in [0.3, 0.4) is 0 Å². The zero-order valence-corrected chi connectivity index (χ0v) is 27.3. The predicted octanol–water partition coefficient (Wildman–Crippen LogP) is 9.39. The van der Waals surface area contributed by atoms with Crippen LogP contribution in [0.15, 0.2) is 40.9 Å². The largest absolute Gasteiger partial charge is 0.462 e. The van der Waals surface area contributed by atoms with Crippen LogP contribution in [0.25, 0.3) is 21.8 Å². The molecule has 0 saturated carbocycles. The van der Waals surface area contributed by atoms with Crippen LogP contribution in [0.4, 0.5) is 17.6 Å². The van der Waals surface area contributed by atoms with E-state index in [0.29, 0.717) is 47.5 Å². The SMILES string of the molecule is CC(C)C1(F)CCc2nc3c(F)cc(Br)cc3cc2C1.CCOC(=O)c1cc(F)c2nc3c(cc2c1)CC(F)(C(C)C)CC3. The molecule has 4 nitrogen and oxygen atoms in total. The maximum atomic E-state index is 15.0. The lowest BCUT2D eigenvalue weighted by Gasteiger charge is -2.34. The number of nitrogens with zero attached hydrogens (tertiary/aromatic N) is 2. The van der Waals surface area contributed by atoms with Crippen LogP contribution >= 0.6 is 15.9 Å². The molecule has 0 spiro atoms. The van der Waals surface area contributed by atoms with Crippen molar-refractivity contribution in [2.24, 2.45) is 11.8 Å². The van der Waals surface area contributed by atoms with E-state index in [9.17, 15) is 22.4 Å². The summed E-state index contributed by atoms with van der Waals surface area (Å²) in [6, 6.07) is 9.61. The number of ether oxygens (including phenoxy) is 1. The number of aryl methyl sites for hydroxylation is 2. The molecule has 2 aromatic carbocycles. The van der Waals surface area contributed by atoms with E-state index < -0.39 is 23.1 Å². The van der Waals surface area contributed by atoms with Gasteiger partial charge in [0.15, 0.2) is 5.82 Å². The van der Waals surface area contributed by atoms with Gasteiger partial charge in [-0.2, -0.15) is 0 Å². The van der Waals surface area contributed by atoms with Crippen molar-refractivity contribution in [2.75, 3.05) is 6.61 Å². The first-order chi connectivity index (χ1) is 20.7. The number of hydrogen-bond acceptors (Lipinski definition) is 4. The molecule has 44 heavy (non-hydrogen) atoms. The Hall–Kier alpha value is -3.07. The van der Waals surface area contributed by atoms with Gasteiger partial charge in [0.2, 0.25) is 0 Å². The Balaban J connectivity index is 0.000000177. The highest BCUT2D eigenvalue weighted by Crippen LogP contribution is 2.39. The molecule has 6 rings (SSSR count). The molecule has 0 amide bonds. The van der Waals surface area contributed by atoms with Gasteiger partial charge in [-0.3, -0.25) is 0 Å². The maximum Gasteiger partial charge on any atom is 0.338 e. The Morgan fingerprint density at radius 3 is 1.77 bits per heavy atom. The summed E-state index contributed by atoms with van der Waals surface area (Å²) in [7, 11) is 0. The number of halogens is 5. The Labute approximate surface area is 263 Å². The van der Waals surface area contributed by atoms with E-state index in [1.54, 1.807) is 19.1 Å². The second kappa shape index (κ2) is 12.4. The van der Waals surface area contributed by atoms with Gasteiger partial charge >= 0.3 is 5.97 Å². The number of esters is 1. The van der Waals surface area contributed by atoms with Gasteiger partial charge in [0, 0.05) is 39.5 Å². The van der Waals surface area contributed by atoms with Gasteiger partial charge in [-0.25, -0.2) is 32.3 Å². The second-order valence-corrected chi connectivity index (χ2v) is 13.5. The summed E-state index contributed by atoms with van der Waals surface area (Å²) in [6.45, 7) is 9.49. The summed E-state index contributed by atoms with van der Waals surface area (Å²) in [6.07, 6.45) is 2.59. The van der Waals surface area contributed by atoms with Crippen molar-refractivity contribution in [1.29, 1.82) is 0 Å². The molecular weight excluding hydrogens is 636 g/mol. The van der Waals surface area contributed by atoms with Gasteiger partial charge in [0.25, 0.3) is 0 Å². The summed E-state index contributed by atoms with van der Waals surface area (Å²) in [4.78, 5) is 20.7. The Bertz CT molecular complexity index is 1740. The van der Waals surface area contributed by atoms with Crippen LogP contribution in [-0.4, -0.2) is 33.9 Å². The number of hydrogen-bond donors (Lipinski definition) is 0. The van der Waals surface area contributed by atoms with Crippen molar-refractivity contribution < 1.29 is 27.1 Å². The Morgan fingerprint density at radius 2 is 1.30 bits per heavy atom. The molecule has 0 saturated heterocycles. The molecule has 2 heterocycles. The molecule has 234 valence electrons. The average molecular weight is 674 g/mol. The van der Waals surface area contributed by atoms with Crippen LogP contribution in [0.2, 0.25) is 0 Å². The summed E-state index contributed by atoms with van der Waals surface area (Å²) >= 11 is 3.28. The number of carbonyl (C=O) groups is 1. The van der Waals surface area contributed by atoms with E-state index in [4.69, 9.17) is 4.74 Å². The van der Waals surface area contributed by atoms with Gasteiger partial charge in [-0.05, 0) is 92.0 Å². The molecule has 2 atom stereocenters. The van der Waals surface area contributed by atoms with E-state index in [1.165, 1.54) is 6.07 Å². The lowest BCUT2D eigenvalue weighted by molar-refractivity contribution is 0.0526. The van der Waals surface area contributed by atoms with Crippen molar-refractivity contribution in [3.05, 3.63) is 80.6 Å². The fourth-order valence-electron chi connectivity index (χ4n) is 6.14. The third kappa shape index (κ3) is 6.35. The number of aromatic nitrogens is 2. The molecule has 4 aromatic rings. The molecule has 2 aliphatic rings. The summed E-state index contributed by atoms with van der Waals surface area (Å²) < 4.78 is 63.7. The van der Waals surface area contributed by atoms with Crippen molar-refractivity contribution >= 4 is 43.7 Å². The minimum atomic E-state index is -1.26. The summed E-state index contributed by atoms with van der Waals surface area (Å²) in [5, 5.41) is 1.23. The zero-order valence-electron chi connectivity index (χ0n) is 25.7. The first kappa shape index (κ1) is 32.3. The Kier molecular flexibility index (Phi) is 9.09. The summed E-state index contributed by atoms with van der Waals surface area (Å²) in [5.74, 6) is -1.58. The first-order valence-electron chi connectivity index (χ1n) is 15.2. The lowest BCUT2D eigenvalue weighted by atomic mass is 9.77. The molecule has 0 radical (unpaired) electrons. The first-order valence-corrected chi connectivity index (χ1v) is 16.0. The van der Waals surface area contributed by atoms with Crippen molar-refractivity contribution in [3.8, 4) is 0 Å². The van der Waals surface area contributed by atoms with Crippen LogP contribution in [0, 0.1) is 23.5 Å². The molecule has 2 unspecified atom stereocenters. The van der Waals surface area contributed by atoms with Crippen LogP contribution < -0.4 is 0 Å². The molecule has 2 aliphatic carbocycles. The van der Waals surface area contributed by atoms with Gasteiger partial charge in [-0.1, -0.05) is 43.6 Å². The van der Waals surface area contributed by atoms with E-state index in [1.807, 2.05) is 39.8 Å². The molecule has 0 aliphatic heterocycles. The van der Waals surface area contributed by atoms with Crippen LogP contribution in [0.5, 0.6) is 0 Å². The highest BCUT2D eigenvalue weighted by molar-refractivity contribution is 9.10. The van der Waals surface area contributed by atoms with Crippen molar-refractivity contribution in [3.63, 3.8) is 0 Å². The van der Waals surface area contributed by atoms with Gasteiger partial charge in [0.05, 0.1) is 12.2 Å². The van der Waals surface area contributed by atoms with Gasteiger partial charge < -0.3 is 4.74 Å². The van der Waals surface area contributed by atoms with E-state index >= 15 is 0 Å². The predicted molar refractivity (Wildman–Crippen MR) is 168 cm³/mol. The number of carbonyl (C=O) groups excluding carboxylic acids is 1. The number of pyridine rings is 2. The second-order valence-electron chi connectivity index (χ2n) is 12.6. The number of alkyl halides is 2. The van der Waals surface area contributed by atoms with E-state index in [-0.39, 0.29) is 41.8 Å². The fraction of sp³-hybridized carbons (Fsp3) is 0.457. The monoisotopic (exact) mass is 672 g/mol. The van der Waals surface area contributed by atoms with E-state index in [2.05, 4.69) is 25.9 Å². The molecular formula is C35H37BrF4N2O2. The van der Waals surface area contributed by atoms with E-state index in [0.717, 1.165) is 34.0 Å². The quantitative estimate of drug-likeness (QED) is 0.160. The zero-order chi connectivity index (χ0) is 32.0. The van der Waals surface area contributed by atoms with Gasteiger partial charge in [0.1, 0.15) is 28.2 Å². The summed E-state index contributed by atoms with van der Waals surface area (Å²) in [5.41, 5.74) is 1.61. The number of benzene rings is 2. The normalized spacial score (nSPS) is 21.2. The number of fused-ring (bicyclic) bond motifs is 4. The highest BCUT2D eigenvalue weighted by atomic mass is 79.9. The third-order valence-corrected chi connectivity index (χ3v) is 9.61. The number of rotatable bonds is 4.